The molecule has 0 fully saturated rings. The number of nitrogens with zero attached hydrogens (tertiary/aromatic N) is 2. The van der Waals surface area contributed by atoms with E-state index < -0.39 is 0 Å². The third kappa shape index (κ3) is 2.10. The molecule has 1 heterocycles. The maximum absolute atomic E-state index is 4.36. The Hall–Kier alpha value is -0.830. The average Bonchev–Trinajstić information content (AvgIpc) is 2.53. The summed E-state index contributed by atoms with van der Waals surface area (Å²) in [6.45, 7) is 4.45. The van der Waals surface area contributed by atoms with Crippen LogP contribution in [0.5, 0.6) is 0 Å². The van der Waals surface area contributed by atoms with Gasteiger partial charge in [0, 0.05) is 19.4 Å². The molecule has 74 valence electrons. The van der Waals surface area contributed by atoms with E-state index in [-0.39, 0.29) is 0 Å². The predicted molar refractivity (Wildman–Crippen MR) is 54.5 cm³/mol. The summed E-state index contributed by atoms with van der Waals surface area (Å²) in [7, 11) is 4.03. The van der Waals surface area contributed by atoms with E-state index in [2.05, 4.69) is 28.7 Å². The van der Waals surface area contributed by atoms with Crippen LogP contribution in [-0.2, 0) is 7.05 Å². The number of hydrogen-bond donors (Lipinski definition) is 1. The van der Waals surface area contributed by atoms with Gasteiger partial charge in [-0.3, -0.25) is 0 Å². The second-order valence-electron chi connectivity index (χ2n) is 3.55. The molecule has 0 aliphatic carbocycles. The first-order valence-corrected chi connectivity index (χ1v) is 4.85. The Morgan fingerprint density at radius 3 is 2.69 bits per heavy atom. The summed E-state index contributed by atoms with van der Waals surface area (Å²) in [5, 5.41) is 3.31. The van der Waals surface area contributed by atoms with Crippen molar-refractivity contribution >= 4 is 0 Å². The molecule has 1 aromatic heterocycles. The third-order valence-electron chi connectivity index (χ3n) is 2.66. The molecule has 0 aliphatic heterocycles. The van der Waals surface area contributed by atoms with E-state index in [1.54, 1.807) is 0 Å². The van der Waals surface area contributed by atoms with E-state index in [0.29, 0.717) is 12.0 Å². The van der Waals surface area contributed by atoms with Crippen LogP contribution in [0.1, 0.15) is 32.1 Å². The maximum atomic E-state index is 4.36. The molecule has 0 aromatic carbocycles. The fourth-order valence-corrected chi connectivity index (χ4v) is 1.58. The third-order valence-corrected chi connectivity index (χ3v) is 2.66. The van der Waals surface area contributed by atoms with Crippen LogP contribution in [0.15, 0.2) is 12.4 Å². The molecule has 3 nitrogen and oxygen atoms in total. The smallest absolute Gasteiger partial charge is 0.125 e. The SMILES string of the molecule is CCC(C)C(NC)c1nccn1C. The summed E-state index contributed by atoms with van der Waals surface area (Å²) < 4.78 is 2.08. The van der Waals surface area contributed by atoms with Gasteiger partial charge in [-0.15, -0.1) is 0 Å². The van der Waals surface area contributed by atoms with E-state index in [4.69, 9.17) is 0 Å². The highest BCUT2D eigenvalue weighted by molar-refractivity contribution is 4.99. The van der Waals surface area contributed by atoms with Crippen molar-refractivity contribution in [2.75, 3.05) is 7.05 Å². The lowest BCUT2D eigenvalue weighted by Gasteiger charge is -2.21. The van der Waals surface area contributed by atoms with Crippen LogP contribution in [-0.4, -0.2) is 16.6 Å². The van der Waals surface area contributed by atoms with E-state index in [9.17, 15) is 0 Å². The van der Waals surface area contributed by atoms with Gasteiger partial charge in [0.25, 0.3) is 0 Å². The Morgan fingerprint density at radius 1 is 1.62 bits per heavy atom. The molecule has 0 bridgehead atoms. The van der Waals surface area contributed by atoms with Crippen molar-refractivity contribution in [3.8, 4) is 0 Å². The largest absolute Gasteiger partial charge is 0.337 e. The highest BCUT2D eigenvalue weighted by atomic mass is 15.1. The highest BCUT2D eigenvalue weighted by Gasteiger charge is 2.19. The molecule has 1 aromatic rings. The normalized spacial score (nSPS) is 15.7. The van der Waals surface area contributed by atoms with Gasteiger partial charge in [0.1, 0.15) is 5.82 Å². The fourth-order valence-electron chi connectivity index (χ4n) is 1.58. The van der Waals surface area contributed by atoms with Crippen molar-refractivity contribution in [2.24, 2.45) is 13.0 Å². The van der Waals surface area contributed by atoms with Gasteiger partial charge in [-0.25, -0.2) is 4.98 Å². The van der Waals surface area contributed by atoms with Gasteiger partial charge < -0.3 is 9.88 Å². The van der Waals surface area contributed by atoms with Crippen LogP contribution in [0.3, 0.4) is 0 Å². The van der Waals surface area contributed by atoms with Crippen LogP contribution >= 0.6 is 0 Å². The number of imidazole rings is 1. The first kappa shape index (κ1) is 10.3. The standard InChI is InChI=1S/C10H19N3/c1-5-8(2)9(11-3)10-12-6-7-13(10)4/h6-9,11H,5H2,1-4H3. The summed E-state index contributed by atoms with van der Waals surface area (Å²) in [6.07, 6.45) is 5.00. The van der Waals surface area contributed by atoms with Crippen LogP contribution < -0.4 is 5.32 Å². The number of rotatable bonds is 4. The molecule has 3 heteroatoms. The molecule has 0 saturated heterocycles. The van der Waals surface area contributed by atoms with Crippen molar-refractivity contribution in [1.29, 1.82) is 0 Å². The number of aromatic nitrogens is 2. The van der Waals surface area contributed by atoms with Crippen molar-refractivity contribution in [3.63, 3.8) is 0 Å². The Labute approximate surface area is 80.2 Å². The van der Waals surface area contributed by atoms with E-state index >= 15 is 0 Å². The minimum absolute atomic E-state index is 0.366. The first-order chi connectivity index (χ1) is 6.20. The van der Waals surface area contributed by atoms with Crippen molar-refractivity contribution in [1.82, 2.24) is 14.9 Å². The zero-order chi connectivity index (χ0) is 9.84. The zero-order valence-corrected chi connectivity index (χ0v) is 8.91. The van der Waals surface area contributed by atoms with Crippen molar-refractivity contribution < 1.29 is 0 Å². The summed E-state index contributed by atoms with van der Waals surface area (Å²) >= 11 is 0. The van der Waals surface area contributed by atoms with Gasteiger partial charge in [-0.1, -0.05) is 20.3 Å². The van der Waals surface area contributed by atoms with E-state index in [1.165, 1.54) is 6.42 Å². The molecule has 0 saturated carbocycles. The minimum atomic E-state index is 0.366. The van der Waals surface area contributed by atoms with Gasteiger partial charge in [0.2, 0.25) is 0 Å². The Kier molecular flexibility index (Phi) is 3.48. The Balaban J connectivity index is 2.84. The maximum Gasteiger partial charge on any atom is 0.125 e. The number of hydrogen-bond acceptors (Lipinski definition) is 2. The average molecular weight is 181 g/mol. The van der Waals surface area contributed by atoms with Crippen LogP contribution in [0.25, 0.3) is 0 Å². The van der Waals surface area contributed by atoms with Gasteiger partial charge >= 0.3 is 0 Å². The fraction of sp³-hybridized carbons (Fsp3) is 0.700. The molecular formula is C10H19N3. The molecule has 1 rings (SSSR count). The first-order valence-electron chi connectivity index (χ1n) is 4.85. The quantitative estimate of drug-likeness (QED) is 0.766. The number of nitrogens with one attached hydrogen (secondary N) is 1. The van der Waals surface area contributed by atoms with E-state index in [0.717, 1.165) is 5.82 Å². The van der Waals surface area contributed by atoms with E-state index in [1.807, 2.05) is 26.5 Å². The van der Waals surface area contributed by atoms with Gasteiger partial charge in [0.15, 0.2) is 0 Å². The molecule has 0 amide bonds. The Morgan fingerprint density at radius 2 is 2.31 bits per heavy atom. The molecule has 0 radical (unpaired) electrons. The second kappa shape index (κ2) is 4.42. The van der Waals surface area contributed by atoms with Gasteiger partial charge in [0.05, 0.1) is 6.04 Å². The summed E-state index contributed by atoms with van der Waals surface area (Å²) in [4.78, 5) is 4.36. The second-order valence-corrected chi connectivity index (χ2v) is 3.55. The lowest BCUT2D eigenvalue weighted by Crippen LogP contribution is -2.25. The lowest BCUT2D eigenvalue weighted by molar-refractivity contribution is 0.376. The number of aryl methyl sites for hydroxylation is 1. The van der Waals surface area contributed by atoms with Crippen LogP contribution in [0.4, 0.5) is 0 Å². The molecule has 2 unspecified atom stereocenters. The Bertz CT molecular complexity index is 254. The topological polar surface area (TPSA) is 29.9 Å². The monoisotopic (exact) mass is 181 g/mol. The van der Waals surface area contributed by atoms with Gasteiger partial charge in [-0.05, 0) is 13.0 Å². The molecular weight excluding hydrogens is 162 g/mol. The van der Waals surface area contributed by atoms with Crippen molar-refractivity contribution in [3.05, 3.63) is 18.2 Å². The molecule has 13 heavy (non-hydrogen) atoms. The summed E-state index contributed by atoms with van der Waals surface area (Å²) in [5.74, 6) is 1.74. The zero-order valence-electron chi connectivity index (χ0n) is 8.91. The minimum Gasteiger partial charge on any atom is -0.337 e. The van der Waals surface area contributed by atoms with Crippen LogP contribution in [0, 0.1) is 5.92 Å². The molecule has 0 aliphatic rings. The summed E-state index contributed by atoms with van der Waals surface area (Å²) in [5.41, 5.74) is 0. The van der Waals surface area contributed by atoms with Crippen LogP contribution in [0.2, 0.25) is 0 Å². The van der Waals surface area contributed by atoms with Crippen molar-refractivity contribution in [2.45, 2.75) is 26.3 Å². The molecule has 2 atom stereocenters. The predicted octanol–water partition coefficient (Wildman–Crippen LogP) is 1.73. The molecule has 1 N–H and O–H groups in total. The highest BCUT2D eigenvalue weighted by Crippen LogP contribution is 2.21. The summed E-state index contributed by atoms with van der Waals surface area (Å²) in [6, 6.07) is 0.366. The van der Waals surface area contributed by atoms with Gasteiger partial charge in [-0.2, -0.15) is 0 Å². The lowest BCUT2D eigenvalue weighted by atomic mass is 9.99. The molecule has 0 spiro atoms.